The van der Waals surface area contributed by atoms with Gasteiger partial charge in [0.05, 0.1) is 21.2 Å². The van der Waals surface area contributed by atoms with E-state index in [1.54, 1.807) is 48.5 Å². The summed E-state index contributed by atoms with van der Waals surface area (Å²) in [6.45, 7) is 7.17. The van der Waals surface area contributed by atoms with E-state index >= 15 is 0 Å². The Morgan fingerprint density at radius 3 is 1.89 bits per heavy atom. The van der Waals surface area contributed by atoms with Crippen molar-refractivity contribution < 1.29 is 9.59 Å². The summed E-state index contributed by atoms with van der Waals surface area (Å²) in [4.78, 5) is 25.1. The van der Waals surface area contributed by atoms with Gasteiger partial charge in [-0.05, 0) is 78.8 Å². The molecule has 4 N–H and O–H groups in total. The fourth-order valence-corrected chi connectivity index (χ4v) is 5.93. The minimum atomic E-state index is -0.355. The highest BCUT2D eigenvalue weighted by Gasteiger charge is 2.41. The van der Waals surface area contributed by atoms with Gasteiger partial charge in [0.25, 0.3) is 11.8 Å². The Balaban J connectivity index is 1.57. The summed E-state index contributed by atoms with van der Waals surface area (Å²) in [5, 5.41) is 13.2. The highest BCUT2D eigenvalue weighted by Crippen LogP contribution is 2.45. The molecule has 0 unspecified atom stereocenters. The standard InChI is InChI=1S/C26H30Cl2N4O2S2/c1-25(2)12-16(30-24(36)32-22(34)18-9-5-7-11-20(18)28)13-26(3,14-25)15-29-23(35)31-21(33)17-8-4-6-10-19(17)27/h4-11,16H,12-15H2,1-3H3,(H2,29,31,33,35)(H2,30,32,34,36)/t16-,26-/m1/s1. The van der Waals surface area contributed by atoms with Crippen LogP contribution in [0.4, 0.5) is 0 Å². The number of halogens is 2. The summed E-state index contributed by atoms with van der Waals surface area (Å²) in [5.74, 6) is -0.705. The third-order valence-corrected chi connectivity index (χ3v) is 7.27. The molecule has 0 aromatic heterocycles. The van der Waals surface area contributed by atoms with Crippen LogP contribution in [-0.2, 0) is 0 Å². The van der Waals surface area contributed by atoms with E-state index in [9.17, 15) is 9.59 Å². The molecule has 2 aromatic rings. The molecule has 0 aliphatic heterocycles. The van der Waals surface area contributed by atoms with Gasteiger partial charge in [-0.3, -0.25) is 20.2 Å². The van der Waals surface area contributed by atoms with Gasteiger partial charge in [-0.25, -0.2) is 0 Å². The van der Waals surface area contributed by atoms with Gasteiger partial charge in [0.15, 0.2) is 10.2 Å². The van der Waals surface area contributed by atoms with Gasteiger partial charge in [-0.15, -0.1) is 0 Å². The monoisotopic (exact) mass is 564 g/mol. The number of hydrogen-bond acceptors (Lipinski definition) is 4. The second-order valence-corrected chi connectivity index (χ2v) is 11.9. The Labute approximate surface area is 232 Å². The van der Waals surface area contributed by atoms with Crippen LogP contribution >= 0.6 is 47.6 Å². The van der Waals surface area contributed by atoms with Crippen LogP contribution in [-0.4, -0.2) is 34.6 Å². The van der Waals surface area contributed by atoms with Gasteiger partial charge in [0.2, 0.25) is 0 Å². The second-order valence-electron chi connectivity index (χ2n) is 10.3. The summed E-state index contributed by atoms with van der Waals surface area (Å²) in [5.41, 5.74) is 0.622. The topological polar surface area (TPSA) is 82.3 Å². The molecule has 1 aliphatic rings. The molecule has 192 valence electrons. The molecule has 1 fully saturated rings. The van der Waals surface area contributed by atoms with Gasteiger partial charge >= 0.3 is 0 Å². The zero-order valence-corrected chi connectivity index (χ0v) is 23.6. The Morgan fingerprint density at radius 2 is 1.36 bits per heavy atom. The van der Waals surface area contributed by atoms with E-state index in [1.165, 1.54) is 0 Å². The SMILES string of the molecule is CC1(C)C[C@@H](NC(=S)NC(=O)c2ccccc2Cl)C[C@@](C)(CNC(=S)NC(=O)c2ccccc2Cl)C1. The molecule has 36 heavy (non-hydrogen) atoms. The van der Waals surface area contributed by atoms with Crippen molar-refractivity contribution in [2.75, 3.05) is 6.54 Å². The van der Waals surface area contributed by atoms with Crippen molar-refractivity contribution in [3.63, 3.8) is 0 Å². The van der Waals surface area contributed by atoms with E-state index in [4.69, 9.17) is 47.6 Å². The first kappa shape index (κ1) is 28.3. The van der Waals surface area contributed by atoms with Gasteiger partial charge < -0.3 is 10.6 Å². The Bertz CT molecular complexity index is 1170. The van der Waals surface area contributed by atoms with E-state index in [1.807, 2.05) is 0 Å². The summed E-state index contributed by atoms with van der Waals surface area (Å²) in [6.07, 6.45) is 2.63. The summed E-state index contributed by atoms with van der Waals surface area (Å²) in [6, 6.07) is 13.7. The quantitative estimate of drug-likeness (QED) is 0.359. The highest BCUT2D eigenvalue weighted by molar-refractivity contribution is 7.80. The van der Waals surface area contributed by atoms with Crippen molar-refractivity contribution in [1.82, 2.24) is 21.3 Å². The summed E-state index contributed by atoms with van der Waals surface area (Å²) in [7, 11) is 0. The number of hydrogen-bond donors (Lipinski definition) is 4. The van der Waals surface area contributed by atoms with Gasteiger partial charge in [-0.1, -0.05) is 68.2 Å². The van der Waals surface area contributed by atoms with Gasteiger partial charge in [0, 0.05) is 12.6 Å². The number of amides is 2. The molecular formula is C26H30Cl2N4O2S2. The third kappa shape index (κ3) is 7.87. The molecule has 1 saturated carbocycles. The fraction of sp³-hybridized carbons (Fsp3) is 0.385. The molecule has 2 aromatic carbocycles. The molecule has 0 radical (unpaired) electrons. The molecule has 2 atom stereocenters. The van der Waals surface area contributed by atoms with Crippen molar-refractivity contribution in [3.05, 3.63) is 69.7 Å². The molecule has 0 saturated heterocycles. The zero-order chi connectivity index (χ0) is 26.5. The average Bonchev–Trinajstić information content (AvgIpc) is 2.76. The molecule has 0 heterocycles. The summed E-state index contributed by atoms with van der Waals surface area (Å²) < 4.78 is 0. The van der Waals surface area contributed by atoms with E-state index in [0.29, 0.717) is 27.7 Å². The van der Waals surface area contributed by atoms with Gasteiger partial charge in [0.1, 0.15) is 0 Å². The number of carbonyl (C=O) groups excluding carboxylic acids is 2. The number of benzene rings is 2. The van der Waals surface area contributed by atoms with E-state index < -0.39 is 0 Å². The van der Waals surface area contributed by atoms with Crippen LogP contribution in [0.1, 0.15) is 60.7 Å². The van der Waals surface area contributed by atoms with Crippen LogP contribution < -0.4 is 21.3 Å². The second kappa shape index (κ2) is 11.9. The lowest BCUT2D eigenvalue weighted by molar-refractivity contribution is 0.0797. The maximum Gasteiger partial charge on any atom is 0.258 e. The number of carbonyl (C=O) groups is 2. The molecule has 10 heteroatoms. The van der Waals surface area contributed by atoms with Gasteiger partial charge in [-0.2, -0.15) is 0 Å². The molecule has 2 amide bonds. The molecule has 0 bridgehead atoms. The lowest BCUT2D eigenvalue weighted by Crippen LogP contribution is -2.53. The minimum Gasteiger partial charge on any atom is -0.362 e. The molecule has 6 nitrogen and oxygen atoms in total. The van der Waals surface area contributed by atoms with E-state index in [2.05, 4.69) is 42.0 Å². The lowest BCUT2D eigenvalue weighted by Gasteiger charge is -2.47. The molecule has 3 rings (SSSR count). The maximum atomic E-state index is 12.6. The van der Waals surface area contributed by atoms with Crippen LogP contribution in [0.2, 0.25) is 10.0 Å². The molecular weight excluding hydrogens is 535 g/mol. The highest BCUT2D eigenvalue weighted by atomic mass is 35.5. The van der Waals surface area contributed by atoms with Crippen LogP contribution in [0.5, 0.6) is 0 Å². The van der Waals surface area contributed by atoms with E-state index in [-0.39, 0.29) is 38.9 Å². The average molecular weight is 566 g/mol. The predicted molar refractivity (Wildman–Crippen MR) is 154 cm³/mol. The van der Waals surface area contributed by atoms with Crippen molar-refractivity contribution >= 4 is 69.7 Å². The van der Waals surface area contributed by atoms with Crippen molar-refractivity contribution in [2.24, 2.45) is 10.8 Å². The van der Waals surface area contributed by atoms with Crippen LogP contribution in [0.3, 0.4) is 0 Å². The number of nitrogens with one attached hydrogen (secondary N) is 4. The summed E-state index contributed by atoms with van der Waals surface area (Å²) >= 11 is 23.0. The van der Waals surface area contributed by atoms with Crippen molar-refractivity contribution in [1.29, 1.82) is 0 Å². The largest absolute Gasteiger partial charge is 0.362 e. The van der Waals surface area contributed by atoms with Crippen LogP contribution in [0.25, 0.3) is 0 Å². The Morgan fingerprint density at radius 1 is 0.861 bits per heavy atom. The molecule has 1 aliphatic carbocycles. The third-order valence-electron chi connectivity index (χ3n) is 6.15. The number of thiocarbonyl (C=S) groups is 2. The van der Waals surface area contributed by atoms with Crippen molar-refractivity contribution in [2.45, 2.75) is 46.1 Å². The Kier molecular flexibility index (Phi) is 9.33. The minimum absolute atomic E-state index is 0.0249. The first-order valence-corrected chi connectivity index (χ1v) is 13.1. The lowest BCUT2D eigenvalue weighted by atomic mass is 9.62. The zero-order valence-electron chi connectivity index (χ0n) is 20.4. The first-order valence-electron chi connectivity index (χ1n) is 11.6. The maximum absolute atomic E-state index is 12.6. The normalized spacial score (nSPS) is 20.6. The van der Waals surface area contributed by atoms with Crippen LogP contribution in [0, 0.1) is 10.8 Å². The Hall–Kier alpha value is -2.26. The van der Waals surface area contributed by atoms with E-state index in [0.717, 1.165) is 19.3 Å². The molecule has 0 spiro atoms. The van der Waals surface area contributed by atoms with Crippen LogP contribution in [0.15, 0.2) is 48.5 Å². The first-order chi connectivity index (χ1) is 16.9. The smallest absolute Gasteiger partial charge is 0.258 e. The predicted octanol–water partition coefficient (Wildman–Crippen LogP) is 5.49. The van der Waals surface area contributed by atoms with Crippen molar-refractivity contribution in [3.8, 4) is 0 Å². The number of rotatable bonds is 5. The fourth-order valence-electron chi connectivity index (χ4n) is 5.06.